The van der Waals surface area contributed by atoms with Crippen molar-refractivity contribution in [3.05, 3.63) is 48.2 Å². The molecule has 1 aromatic heterocycles. The number of phenolic OH excluding ortho intramolecular Hbond substituents is 2. The number of hydrazone groups is 1. The smallest absolute Gasteiger partial charge is 0.342 e. The number of aromatic hydroxyl groups is 2. The van der Waals surface area contributed by atoms with E-state index in [9.17, 15) is 24.6 Å². The molecule has 0 spiro atoms. The van der Waals surface area contributed by atoms with Crippen LogP contribution in [0.5, 0.6) is 11.5 Å². The summed E-state index contributed by atoms with van der Waals surface area (Å²) in [7, 11) is 0. The third-order valence-electron chi connectivity index (χ3n) is 2.96. The molecule has 0 aliphatic heterocycles. The van der Waals surface area contributed by atoms with E-state index < -0.39 is 28.7 Å². The van der Waals surface area contributed by atoms with Crippen molar-refractivity contribution in [1.29, 1.82) is 0 Å². The second kappa shape index (κ2) is 7.81. The van der Waals surface area contributed by atoms with Gasteiger partial charge in [-0.3, -0.25) is 14.6 Å². The maximum Gasteiger partial charge on any atom is 0.342 e. The van der Waals surface area contributed by atoms with Gasteiger partial charge in [-0.2, -0.15) is 10.2 Å². The third-order valence-corrected chi connectivity index (χ3v) is 3.61. The number of carbonyl (C=O) groups excluding carboxylic acids is 1. The molecule has 2 aromatic rings. The molecule has 132 valence electrons. The van der Waals surface area contributed by atoms with Crippen molar-refractivity contribution >= 4 is 35.3 Å². The standard InChI is InChI=1S/C13H11Cl2N5O5/c14-6-3-5(10(22)9(15)11(6)23)4-16-19-8(21)2-1-7-12(24)17-13(25)20-18-7/h3-4,22-23H,1-2H2,(H,19,21)(H2,17,20,24,25)/b16-4+. The number of aryl methyl sites for hydroxylation is 1. The Kier molecular flexibility index (Phi) is 5.78. The molecule has 0 aliphatic rings. The van der Waals surface area contributed by atoms with Crippen LogP contribution >= 0.6 is 23.2 Å². The fourth-order valence-corrected chi connectivity index (χ4v) is 2.19. The first-order valence-corrected chi connectivity index (χ1v) is 7.45. The summed E-state index contributed by atoms with van der Waals surface area (Å²) in [6.45, 7) is 0. The Balaban J connectivity index is 1.97. The molecule has 10 nitrogen and oxygen atoms in total. The van der Waals surface area contributed by atoms with Gasteiger partial charge in [0.1, 0.15) is 16.5 Å². The third kappa shape index (κ3) is 4.58. The predicted molar refractivity (Wildman–Crippen MR) is 89.3 cm³/mol. The van der Waals surface area contributed by atoms with Crippen molar-refractivity contribution in [1.82, 2.24) is 20.6 Å². The number of rotatable bonds is 5. The van der Waals surface area contributed by atoms with Crippen LogP contribution in [0.25, 0.3) is 0 Å². The summed E-state index contributed by atoms with van der Waals surface area (Å²) >= 11 is 11.4. The minimum Gasteiger partial charge on any atom is -0.506 e. The van der Waals surface area contributed by atoms with Crippen LogP contribution in [0.3, 0.4) is 0 Å². The maximum absolute atomic E-state index is 11.7. The molecule has 5 N–H and O–H groups in total. The largest absolute Gasteiger partial charge is 0.506 e. The van der Waals surface area contributed by atoms with Crippen LogP contribution in [-0.2, 0) is 11.2 Å². The summed E-state index contributed by atoms with van der Waals surface area (Å²) < 4.78 is 0. The second-order valence-electron chi connectivity index (χ2n) is 4.71. The average Bonchev–Trinajstić information content (AvgIpc) is 2.56. The number of hydrogen-bond acceptors (Lipinski definition) is 7. The van der Waals surface area contributed by atoms with Gasteiger partial charge in [0.05, 0.1) is 11.2 Å². The number of hydrogen-bond donors (Lipinski definition) is 5. The molecule has 0 bridgehead atoms. The second-order valence-corrected chi connectivity index (χ2v) is 5.49. The van der Waals surface area contributed by atoms with Gasteiger partial charge in [0.2, 0.25) is 5.91 Å². The highest BCUT2D eigenvalue weighted by Gasteiger charge is 2.13. The van der Waals surface area contributed by atoms with Gasteiger partial charge in [-0.05, 0) is 6.07 Å². The molecule has 0 saturated carbocycles. The number of nitrogens with zero attached hydrogens (tertiary/aromatic N) is 2. The summed E-state index contributed by atoms with van der Waals surface area (Å²) in [5.74, 6) is -1.47. The summed E-state index contributed by atoms with van der Waals surface area (Å²) in [6, 6.07) is 1.21. The minimum atomic E-state index is -0.742. The lowest BCUT2D eigenvalue weighted by molar-refractivity contribution is -0.121. The van der Waals surface area contributed by atoms with Gasteiger partial charge in [0, 0.05) is 18.4 Å². The first-order valence-electron chi connectivity index (χ1n) is 6.69. The quantitative estimate of drug-likeness (QED) is 0.365. The average molecular weight is 388 g/mol. The summed E-state index contributed by atoms with van der Waals surface area (Å²) in [4.78, 5) is 35.9. The number of aromatic amines is 2. The van der Waals surface area contributed by atoms with Gasteiger partial charge >= 0.3 is 5.69 Å². The number of H-pyrrole nitrogens is 2. The lowest BCUT2D eigenvalue weighted by Crippen LogP contribution is -2.28. The van der Waals surface area contributed by atoms with E-state index in [-0.39, 0.29) is 34.1 Å². The Morgan fingerprint density at radius 3 is 2.72 bits per heavy atom. The number of phenols is 2. The molecule has 1 aromatic carbocycles. The maximum atomic E-state index is 11.7. The molecule has 25 heavy (non-hydrogen) atoms. The monoisotopic (exact) mass is 387 g/mol. The summed E-state index contributed by atoms with van der Waals surface area (Å²) in [5, 5.41) is 28.0. The number of aromatic nitrogens is 3. The van der Waals surface area contributed by atoms with Crippen LogP contribution in [0, 0.1) is 0 Å². The van der Waals surface area contributed by atoms with E-state index in [4.69, 9.17) is 23.2 Å². The van der Waals surface area contributed by atoms with E-state index in [1.807, 2.05) is 4.98 Å². The van der Waals surface area contributed by atoms with E-state index in [0.717, 1.165) is 6.21 Å². The Hall–Kier alpha value is -2.85. The lowest BCUT2D eigenvalue weighted by atomic mass is 10.2. The zero-order valence-corrected chi connectivity index (χ0v) is 13.9. The zero-order chi connectivity index (χ0) is 18.6. The van der Waals surface area contributed by atoms with Crippen LogP contribution in [0.2, 0.25) is 10.0 Å². The Morgan fingerprint density at radius 1 is 1.32 bits per heavy atom. The summed E-state index contributed by atoms with van der Waals surface area (Å²) in [5.41, 5.74) is 0.818. The number of nitrogens with one attached hydrogen (secondary N) is 3. The molecule has 1 amide bonds. The zero-order valence-electron chi connectivity index (χ0n) is 12.3. The number of benzene rings is 1. The molecule has 0 unspecified atom stereocenters. The minimum absolute atomic E-state index is 0.00604. The first kappa shape index (κ1) is 18.5. The van der Waals surface area contributed by atoms with Crippen LogP contribution in [0.4, 0.5) is 0 Å². The van der Waals surface area contributed by atoms with Crippen molar-refractivity contribution in [3.63, 3.8) is 0 Å². The van der Waals surface area contributed by atoms with Gasteiger partial charge in [0.15, 0.2) is 5.75 Å². The number of amides is 1. The Labute approximate surface area is 149 Å². The topological polar surface area (TPSA) is 161 Å². The highest BCUT2D eigenvalue weighted by atomic mass is 35.5. The van der Waals surface area contributed by atoms with Crippen molar-refractivity contribution in [2.24, 2.45) is 5.10 Å². The van der Waals surface area contributed by atoms with E-state index in [0.29, 0.717) is 0 Å². The van der Waals surface area contributed by atoms with Crippen molar-refractivity contribution in [2.75, 3.05) is 0 Å². The SMILES string of the molecule is O=C(CCc1n[nH]c(=O)[nH]c1=O)N/N=C/c1cc(Cl)c(O)c(Cl)c1O. The van der Waals surface area contributed by atoms with Crippen LogP contribution in [0.1, 0.15) is 17.7 Å². The lowest BCUT2D eigenvalue weighted by Gasteiger charge is -2.05. The predicted octanol–water partition coefficient (Wildman–Crippen LogP) is 0.259. The molecule has 12 heteroatoms. The normalized spacial score (nSPS) is 11.0. The molecule has 2 rings (SSSR count). The van der Waals surface area contributed by atoms with E-state index in [1.165, 1.54) is 6.07 Å². The molecular formula is C13H11Cl2N5O5. The van der Waals surface area contributed by atoms with Gasteiger partial charge in [-0.15, -0.1) is 0 Å². The van der Waals surface area contributed by atoms with Crippen molar-refractivity contribution in [2.45, 2.75) is 12.8 Å². The van der Waals surface area contributed by atoms with Gasteiger partial charge in [-0.1, -0.05) is 23.2 Å². The number of halogens is 2. The van der Waals surface area contributed by atoms with Gasteiger partial charge < -0.3 is 10.2 Å². The molecule has 0 atom stereocenters. The molecule has 0 saturated heterocycles. The van der Waals surface area contributed by atoms with Gasteiger partial charge in [-0.25, -0.2) is 15.3 Å². The molecule has 0 fully saturated rings. The Morgan fingerprint density at radius 2 is 2.04 bits per heavy atom. The van der Waals surface area contributed by atoms with Crippen molar-refractivity contribution < 1.29 is 15.0 Å². The fraction of sp³-hybridized carbons (Fsp3) is 0.154. The highest BCUT2D eigenvalue weighted by Crippen LogP contribution is 2.40. The molecular weight excluding hydrogens is 377 g/mol. The molecule has 0 aliphatic carbocycles. The van der Waals surface area contributed by atoms with Gasteiger partial charge in [0.25, 0.3) is 5.56 Å². The Bertz CT molecular complexity index is 953. The van der Waals surface area contributed by atoms with Crippen molar-refractivity contribution in [3.8, 4) is 11.5 Å². The van der Waals surface area contributed by atoms with Crippen LogP contribution < -0.4 is 16.7 Å². The fourth-order valence-electron chi connectivity index (χ4n) is 1.72. The van der Waals surface area contributed by atoms with E-state index in [1.54, 1.807) is 0 Å². The number of carbonyl (C=O) groups is 1. The molecule has 0 radical (unpaired) electrons. The summed E-state index contributed by atoms with van der Waals surface area (Å²) in [6.07, 6.45) is 0.938. The van der Waals surface area contributed by atoms with Crippen LogP contribution in [0.15, 0.2) is 20.8 Å². The molecule has 1 heterocycles. The van der Waals surface area contributed by atoms with E-state index in [2.05, 4.69) is 20.7 Å². The highest BCUT2D eigenvalue weighted by molar-refractivity contribution is 6.38. The van der Waals surface area contributed by atoms with E-state index >= 15 is 0 Å². The van der Waals surface area contributed by atoms with Crippen LogP contribution in [-0.4, -0.2) is 37.5 Å². The first-order chi connectivity index (χ1) is 11.8.